The molecule has 0 bridgehead atoms. The van der Waals surface area contributed by atoms with Gasteiger partial charge in [0, 0.05) is 18.3 Å². The van der Waals surface area contributed by atoms with Crippen LogP contribution in [0.25, 0.3) is 0 Å². The first-order valence-corrected chi connectivity index (χ1v) is 6.52. The van der Waals surface area contributed by atoms with Gasteiger partial charge in [0.1, 0.15) is 0 Å². The first kappa shape index (κ1) is 11.2. The van der Waals surface area contributed by atoms with Crippen LogP contribution in [0.1, 0.15) is 25.7 Å². The van der Waals surface area contributed by atoms with Gasteiger partial charge in [-0.1, -0.05) is 12.8 Å². The summed E-state index contributed by atoms with van der Waals surface area (Å²) in [5, 5.41) is 3.55. The number of hydrogen-bond acceptors (Lipinski definition) is 2. The highest BCUT2D eigenvalue weighted by Gasteiger charge is 2.33. The molecule has 1 aromatic rings. The van der Waals surface area contributed by atoms with Crippen molar-refractivity contribution >= 4 is 33.2 Å². The number of alkyl halides is 1. The maximum Gasteiger partial charge on any atom is 0.0590 e. The fourth-order valence-electron chi connectivity index (χ4n) is 2.11. The van der Waals surface area contributed by atoms with Gasteiger partial charge in [-0.05, 0) is 34.8 Å². The van der Waals surface area contributed by atoms with Crippen molar-refractivity contribution in [3.05, 3.63) is 22.9 Å². The summed E-state index contributed by atoms with van der Waals surface area (Å²) in [4.78, 5) is 4.05. The van der Waals surface area contributed by atoms with Crippen LogP contribution in [0.2, 0.25) is 0 Å². The first-order chi connectivity index (χ1) is 7.26. The maximum atomic E-state index is 6.07. The summed E-state index contributed by atoms with van der Waals surface area (Å²) in [6.07, 6.45) is 8.45. The highest BCUT2D eigenvalue weighted by Crippen LogP contribution is 2.35. The second-order valence-corrected chi connectivity index (χ2v) is 5.22. The molecule has 1 aliphatic rings. The van der Waals surface area contributed by atoms with Gasteiger partial charge in [-0.2, -0.15) is 0 Å². The number of aromatic nitrogens is 1. The molecule has 0 atom stereocenters. The SMILES string of the molecule is ClCC1(Nc2ccncc2Br)CCCC1. The molecule has 15 heavy (non-hydrogen) atoms. The van der Waals surface area contributed by atoms with Crippen LogP contribution in [0.5, 0.6) is 0 Å². The molecule has 1 aliphatic carbocycles. The summed E-state index contributed by atoms with van der Waals surface area (Å²) in [6, 6.07) is 1.98. The summed E-state index contributed by atoms with van der Waals surface area (Å²) in [7, 11) is 0. The average molecular weight is 290 g/mol. The topological polar surface area (TPSA) is 24.9 Å². The monoisotopic (exact) mass is 288 g/mol. The number of anilines is 1. The van der Waals surface area contributed by atoms with Crippen molar-refractivity contribution in [2.75, 3.05) is 11.2 Å². The van der Waals surface area contributed by atoms with Crippen molar-refractivity contribution < 1.29 is 0 Å². The molecule has 82 valence electrons. The van der Waals surface area contributed by atoms with Crippen LogP contribution in [-0.4, -0.2) is 16.4 Å². The average Bonchev–Trinajstić information content (AvgIpc) is 2.71. The van der Waals surface area contributed by atoms with Gasteiger partial charge in [0.25, 0.3) is 0 Å². The first-order valence-electron chi connectivity index (χ1n) is 5.19. The van der Waals surface area contributed by atoms with Gasteiger partial charge in [0.15, 0.2) is 0 Å². The van der Waals surface area contributed by atoms with E-state index in [2.05, 4.69) is 26.2 Å². The van der Waals surface area contributed by atoms with E-state index in [1.165, 1.54) is 12.8 Å². The third-order valence-corrected chi connectivity index (χ3v) is 4.13. The van der Waals surface area contributed by atoms with Gasteiger partial charge in [0.05, 0.1) is 15.7 Å². The third-order valence-electron chi connectivity index (χ3n) is 2.99. The van der Waals surface area contributed by atoms with E-state index in [0.29, 0.717) is 5.88 Å². The van der Waals surface area contributed by atoms with E-state index in [-0.39, 0.29) is 5.54 Å². The molecule has 1 saturated carbocycles. The molecule has 0 aliphatic heterocycles. The maximum absolute atomic E-state index is 6.07. The number of halogens is 2. The number of nitrogens with zero attached hydrogens (tertiary/aromatic N) is 1. The quantitative estimate of drug-likeness (QED) is 0.856. The number of hydrogen-bond donors (Lipinski definition) is 1. The van der Waals surface area contributed by atoms with Gasteiger partial charge in [-0.3, -0.25) is 4.98 Å². The van der Waals surface area contributed by atoms with Crippen molar-refractivity contribution in [1.29, 1.82) is 0 Å². The zero-order chi connectivity index (χ0) is 10.7. The molecule has 1 fully saturated rings. The minimum atomic E-state index is 0.0887. The smallest absolute Gasteiger partial charge is 0.0590 e. The van der Waals surface area contributed by atoms with Crippen LogP contribution in [-0.2, 0) is 0 Å². The molecular formula is C11H14BrClN2. The minimum Gasteiger partial charge on any atom is -0.377 e. The number of rotatable bonds is 3. The van der Waals surface area contributed by atoms with Crippen LogP contribution in [0, 0.1) is 0 Å². The molecule has 2 nitrogen and oxygen atoms in total. The van der Waals surface area contributed by atoms with Gasteiger partial charge in [0.2, 0.25) is 0 Å². The second kappa shape index (κ2) is 4.71. The molecule has 1 heterocycles. The summed E-state index contributed by atoms with van der Waals surface area (Å²) in [5.74, 6) is 0.668. The van der Waals surface area contributed by atoms with Crippen molar-refractivity contribution in [2.45, 2.75) is 31.2 Å². The van der Waals surface area contributed by atoms with Crippen LogP contribution in [0.3, 0.4) is 0 Å². The Balaban J connectivity index is 2.16. The molecule has 0 radical (unpaired) electrons. The van der Waals surface area contributed by atoms with Gasteiger partial charge < -0.3 is 5.32 Å². The van der Waals surface area contributed by atoms with E-state index in [4.69, 9.17) is 11.6 Å². The molecule has 4 heteroatoms. The van der Waals surface area contributed by atoms with E-state index in [1.807, 2.05) is 6.07 Å². The Labute approximate surface area is 104 Å². The Hall–Kier alpha value is -0.280. The molecule has 0 spiro atoms. The zero-order valence-electron chi connectivity index (χ0n) is 8.47. The van der Waals surface area contributed by atoms with Gasteiger partial charge in [-0.25, -0.2) is 0 Å². The van der Waals surface area contributed by atoms with Crippen molar-refractivity contribution in [3.63, 3.8) is 0 Å². The van der Waals surface area contributed by atoms with Crippen molar-refractivity contribution in [3.8, 4) is 0 Å². The molecule has 2 rings (SSSR count). The summed E-state index contributed by atoms with van der Waals surface area (Å²) in [6.45, 7) is 0. The summed E-state index contributed by atoms with van der Waals surface area (Å²) < 4.78 is 1.00. The third kappa shape index (κ3) is 2.45. The van der Waals surface area contributed by atoms with E-state index in [0.717, 1.165) is 23.0 Å². The van der Waals surface area contributed by atoms with Gasteiger partial charge in [-0.15, -0.1) is 11.6 Å². The number of pyridine rings is 1. The molecule has 0 aromatic carbocycles. The minimum absolute atomic E-state index is 0.0887. The van der Waals surface area contributed by atoms with Crippen molar-refractivity contribution in [2.24, 2.45) is 0 Å². The Morgan fingerprint density at radius 1 is 1.47 bits per heavy atom. The van der Waals surface area contributed by atoms with Crippen LogP contribution in [0.15, 0.2) is 22.9 Å². The summed E-state index contributed by atoms with van der Waals surface area (Å²) in [5.41, 5.74) is 1.18. The van der Waals surface area contributed by atoms with Crippen LogP contribution in [0.4, 0.5) is 5.69 Å². The lowest BCUT2D eigenvalue weighted by molar-refractivity contribution is 0.539. The molecule has 1 N–H and O–H groups in total. The molecule has 1 aromatic heterocycles. The highest BCUT2D eigenvalue weighted by molar-refractivity contribution is 9.10. The Kier molecular flexibility index (Phi) is 3.52. The fourth-order valence-corrected chi connectivity index (χ4v) is 2.79. The van der Waals surface area contributed by atoms with E-state index >= 15 is 0 Å². The standard InChI is InChI=1S/C11H14BrClN2/c12-9-7-14-6-3-10(9)15-11(8-13)4-1-2-5-11/h3,6-7H,1-2,4-5,8H2,(H,14,15). The number of nitrogens with one attached hydrogen (secondary N) is 1. The fraction of sp³-hybridized carbons (Fsp3) is 0.545. The Morgan fingerprint density at radius 2 is 2.20 bits per heavy atom. The van der Waals surface area contributed by atoms with Crippen LogP contribution >= 0.6 is 27.5 Å². The van der Waals surface area contributed by atoms with Gasteiger partial charge >= 0.3 is 0 Å². The second-order valence-electron chi connectivity index (χ2n) is 4.10. The zero-order valence-corrected chi connectivity index (χ0v) is 10.8. The summed E-state index contributed by atoms with van der Waals surface area (Å²) >= 11 is 9.56. The highest BCUT2D eigenvalue weighted by atomic mass is 79.9. The molecule has 0 unspecified atom stereocenters. The van der Waals surface area contributed by atoms with E-state index in [1.54, 1.807) is 12.4 Å². The van der Waals surface area contributed by atoms with E-state index < -0.39 is 0 Å². The molecular weight excluding hydrogens is 275 g/mol. The van der Waals surface area contributed by atoms with E-state index in [9.17, 15) is 0 Å². The van der Waals surface area contributed by atoms with Crippen molar-refractivity contribution in [1.82, 2.24) is 4.98 Å². The normalized spacial score (nSPS) is 19.1. The predicted molar refractivity (Wildman–Crippen MR) is 67.5 cm³/mol. The lowest BCUT2D eigenvalue weighted by Crippen LogP contribution is -2.37. The Morgan fingerprint density at radius 3 is 2.80 bits per heavy atom. The predicted octanol–water partition coefficient (Wildman–Crippen LogP) is 3.81. The molecule has 0 amide bonds. The van der Waals surface area contributed by atoms with Crippen LogP contribution < -0.4 is 5.32 Å². The Bertz CT molecular complexity index is 337. The lowest BCUT2D eigenvalue weighted by atomic mass is 10.00. The largest absolute Gasteiger partial charge is 0.377 e. The lowest BCUT2D eigenvalue weighted by Gasteiger charge is -2.29. The molecule has 0 saturated heterocycles.